The maximum absolute atomic E-state index is 15.9. The Labute approximate surface area is 270 Å². The van der Waals surface area contributed by atoms with Crippen molar-refractivity contribution < 1.29 is 27.6 Å². The molecule has 3 aromatic rings. The minimum atomic E-state index is -3.71. The number of likely N-dealkylation sites (tertiary alicyclic amines) is 1. The lowest BCUT2D eigenvalue weighted by atomic mass is 9.77. The van der Waals surface area contributed by atoms with Crippen LogP contribution < -0.4 is 10.6 Å². The summed E-state index contributed by atoms with van der Waals surface area (Å²) < 4.78 is 40.1. The topological polar surface area (TPSA) is 142 Å². The van der Waals surface area contributed by atoms with E-state index >= 15 is 4.39 Å². The molecular formula is C31H33Cl2FN4O6S. The molecule has 240 valence electrons. The van der Waals surface area contributed by atoms with Crippen molar-refractivity contribution in [1.82, 2.24) is 10.2 Å². The molecule has 3 aromatic carbocycles. The number of nitrogens with one attached hydrogen (secondary N) is 2. The lowest BCUT2D eigenvalue weighted by molar-refractivity contribution is -0.385. The van der Waals surface area contributed by atoms with Gasteiger partial charge in [0.15, 0.2) is 9.84 Å². The molecule has 0 spiro atoms. The summed E-state index contributed by atoms with van der Waals surface area (Å²) in [6, 6.07) is 13.3. The molecule has 1 amide bonds. The SMILES string of the molecule is C[C@]1(C(=O)Nc2cccc(Cl)c2)[C@@H](c2cccc(Cl)c2F)[C@H](NCc2ccc(S(C)(=O)=O)cc2[N+](=O)[O-])[C@H](CO)N1CC1CC1. The fraction of sp³-hybridized carbons (Fsp3) is 0.387. The summed E-state index contributed by atoms with van der Waals surface area (Å²) in [5, 5.41) is 29.3. The van der Waals surface area contributed by atoms with Gasteiger partial charge in [0, 0.05) is 59.7 Å². The van der Waals surface area contributed by atoms with Crippen LogP contribution in [0.15, 0.2) is 65.6 Å². The monoisotopic (exact) mass is 678 g/mol. The van der Waals surface area contributed by atoms with Crippen molar-refractivity contribution in [2.45, 2.75) is 54.7 Å². The number of nitrogens with zero attached hydrogens (tertiary/aromatic N) is 2. The second-order valence-corrected chi connectivity index (χ2v) is 14.7. The fourth-order valence-corrected chi connectivity index (χ4v) is 7.35. The Hall–Kier alpha value is -3.13. The largest absolute Gasteiger partial charge is 0.395 e. The molecule has 1 heterocycles. The number of carbonyl (C=O) groups excluding carboxylic acids is 1. The summed E-state index contributed by atoms with van der Waals surface area (Å²) in [6.07, 6.45) is 2.84. The molecule has 45 heavy (non-hydrogen) atoms. The van der Waals surface area contributed by atoms with Gasteiger partial charge in [0.05, 0.1) is 21.4 Å². The van der Waals surface area contributed by atoms with Gasteiger partial charge in [-0.15, -0.1) is 0 Å². The fourth-order valence-electron chi connectivity index (χ4n) is 6.33. The van der Waals surface area contributed by atoms with E-state index in [1.807, 2.05) is 4.90 Å². The van der Waals surface area contributed by atoms with Crippen LogP contribution in [0.3, 0.4) is 0 Å². The maximum atomic E-state index is 15.9. The minimum Gasteiger partial charge on any atom is -0.395 e. The van der Waals surface area contributed by atoms with Gasteiger partial charge in [0.1, 0.15) is 11.4 Å². The van der Waals surface area contributed by atoms with E-state index in [0.717, 1.165) is 25.2 Å². The van der Waals surface area contributed by atoms with Crippen molar-refractivity contribution >= 4 is 50.3 Å². The predicted molar refractivity (Wildman–Crippen MR) is 170 cm³/mol. The molecule has 10 nitrogen and oxygen atoms in total. The lowest BCUT2D eigenvalue weighted by Crippen LogP contribution is -2.56. The van der Waals surface area contributed by atoms with Crippen LogP contribution in [0, 0.1) is 21.8 Å². The van der Waals surface area contributed by atoms with E-state index in [2.05, 4.69) is 10.6 Å². The predicted octanol–water partition coefficient (Wildman–Crippen LogP) is 5.17. The summed E-state index contributed by atoms with van der Waals surface area (Å²) in [7, 11) is -3.71. The van der Waals surface area contributed by atoms with Gasteiger partial charge in [-0.3, -0.25) is 19.8 Å². The minimum absolute atomic E-state index is 0.135. The van der Waals surface area contributed by atoms with Gasteiger partial charge in [0.2, 0.25) is 5.91 Å². The van der Waals surface area contributed by atoms with Gasteiger partial charge >= 0.3 is 0 Å². The number of halogens is 3. The van der Waals surface area contributed by atoms with Crippen LogP contribution in [0.1, 0.15) is 36.8 Å². The molecule has 2 fully saturated rings. The zero-order chi connectivity index (χ0) is 32.7. The van der Waals surface area contributed by atoms with Crippen LogP contribution in [0.25, 0.3) is 0 Å². The van der Waals surface area contributed by atoms with Crippen molar-refractivity contribution in [3.05, 3.63) is 97.8 Å². The molecule has 0 unspecified atom stereocenters. The zero-order valence-electron chi connectivity index (χ0n) is 24.5. The average molecular weight is 680 g/mol. The second kappa shape index (κ2) is 12.9. The number of carbonyl (C=O) groups is 1. The highest BCUT2D eigenvalue weighted by Crippen LogP contribution is 2.49. The van der Waals surface area contributed by atoms with Gasteiger partial charge in [-0.2, -0.15) is 0 Å². The van der Waals surface area contributed by atoms with Crippen LogP contribution in [0.4, 0.5) is 15.8 Å². The smallest absolute Gasteiger partial charge is 0.275 e. The first kappa shape index (κ1) is 33.2. The first-order valence-corrected chi connectivity index (χ1v) is 17.0. The van der Waals surface area contributed by atoms with Gasteiger partial charge in [-0.1, -0.05) is 41.4 Å². The zero-order valence-corrected chi connectivity index (χ0v) is 26.9. The molecule has 1 saturated heterocycles. The first-order valence-electron chi connectivity index (χ1n) is 14.3. The highest BCUT2D eigenvalue weighted by molar-refractivity contribution is 7.90. The molecule has 3 N–H and O–H groups in total. The van der Waals surface area contributed by atoms with E-state index in [9.17, 15) is 28.4 Å². The van der Waals surface area contributed by atoms with Crippen LogP contribution >= 0.6 is 23.2 Å². The third kappa shape index (κ3) is 6.72. The number of amides is 1. The Morgan fingerprint density at radius 2 is 1.87 bits per heavy atom. The molecule has 0 bridgehead atoms. The van der Waals surface area contributed by atoms with E-state index in [4.69, 9.17) is 23.2 Å². The van der Waals surface area contributed by atoms with E-state index in [0.29, 0.717) is 17.3 Å². The summed E-state index contributed by atoms with van der Waals surface area (Å²) in [6.45, 7) is 1.61. The number of anilines is 1. The van der Waals surface area contributed by atoms with Crippen molar-refractivity contribution in [3.8, 4) is 0 Å². The Bertz CT molecular complexity index is 1740. The van der Waals surface area contributed by atoms with Crippen LogP contribution in [-0.4, -0.2) is 66.3 Å². The molecule has 0 aromatic heterocycles. The Morgan fingerprint density at radius 1 is 1.16 bits per heavy atom. The third-order valence-electron chi connectivity index (χ3n) is 8.78. The Kier molecular flexibility index (Phi) is 9.55. The second-order valence-electron chi connectivity index (χ2n) is 11.8. The van der Waals surface area contributed by atoms with Crippen molar-refractivity contribution in [1.29, 1.82) is 0 Å². The summed E-state index contributed by atoms with van der Waals surface area (Å²) in [4.78, 5) is 27.4. The number of aliphatic hydroxyl groups is 1. The molecule has 4 atom stereocenters. The molecule has 1 saturated carbocycles. The van der Waals surface area contributed by atoms with Crippen LogP contribution in [0.5, 0.6) is 0 Å². The van der Waals surface area contributed by atoms with Crippen molar-refractivity contribution in [3.63, 3.8) is 0 Å². The van der Waals surface area contributed by atoms with E-state index in [1.165, 1.54) is 18.2 Å². The van der Waals surface area contributed by atoms with Crippen LogP contribution in [-0.2, 0) is 21.2 Å². The standard InChI is InChI=1S/C31H33Cl2FN4O6S/c1-31(30(40)36-21-6-3-5-20(32)13-21)27(23-7-4-8-24(33)28(23)34)29(26(17-39)37(31)16-18-9-10-18)35-15-19-11-12-22(45(2,43)44)14-25(19)38(41)42/h3-8,11-14,18,26-27,29,35,39H,9-10,15-17H2,1-2H3,(H,36,40)/t26-,27-,29+,31+/m0/s1. The van der Waals surface area contributed by atoms with Crippen LogP contribution in [0.2, 0.25) is 10.0 Å². The summed E-state index contributed by atoms with van der Waals surface area (Å²) >= 11 is 12.4. The maximum Gasteiger partial charge on any atom is 0.275 e. The third-order valence-corrected chi connectivity index (χ3v) is 10.4. The average Bonchev–Trinajstić information content (AvgIpc) is 3.77. The molecule has 5 rings (SSSR count). The molecule has 1 aliphatic heterocycles. The van der Waals surface area contributed by atoms with E-state index in [1.54, 1.807) is 43.3 Å². The lowest BCUT2D eigenvalue weighted by Gasteiger charge is -2.40. The van der Waals surface area contributed by atoms with E-state index in [-0.39, 0.29) is 33.5 Å². The van der Waals surface area contributed by atoms with Crippen molar-refractivity contribution in [2.75, 3.05) is 24.7 Å². The number of hydrogen-bond acceptors (Lipinski definition) is 8. The summed E-state index contributed by atoms with van der Waals surface area (Å²) in [5.41, 5.74) is -1.09. The number of rotatable bonds is 11. The van der Waals surface area contributed by atoms with Gasteiger partial charge in [-0.05, 0) is 67.6 Å². The molecule has 0 radical (unpaired) electrons. The quantitative estimate of drug-likeness (QED) is 0.186. The first-order chi connectivity index (χ1) is 21.2. The number of hydrogen-bond donors (Lipinski definition) is 3. The van der Waals surface area contributed by atoms with E-state index < -0.39 is 62.3 Å². The number of nitro benzene ring substituents is 1. The van der Waals surface area contributed by atoms with Gasteiger partial charge in [-0.25, -0.2) is 12.8 Å². The molecule has 2 aliphatic rings. The molecule has 14 heteroatoms. The normalized spacial score (nSPS) is 23.6. The summed E-state index contributed by atoms with van der Waals surface area (Å²) in [5.74, 6) is -1.83. The number of aliphatic hydroxyl groups excluding tert-OH is 1. The number of nitro groups is 1. The molecule has 1 aliphatic carbocycles. The highest BCUT2D eigenvalue weighted by atomic mass is 35.5. The molecular weight excluding hydrogens is 646 g/mol. The van der Waals surface area contributed by atoms with Gasteiger partial charge in [0.25, 0.3) is 5.69 Å². The number of sulfone groups is 1. The van der Waals surface area contributed by atoms with Crippen molar-refractivity contribution in [2.24, 2.45) is 5.92 Å². The Balaban J connectivity index is 1.61. The van der Waals surface area contributed by atoms with Gasteiger partial charge < -0.3 is 15.7 Å². The Morgan fingerprint density at radius 3 is 2.49 bits per heavy atom. The number of benzene rings is 3. The highest BCUT2D eigenvalue weighted by Gasteiger charge is 2.61.